The maximum Gasteiger partial charge on any atom is 0.416 e. The molecule has 0 saturated heterocycles. The minimum atomic E-state index is -4.41. The van der Waals surface area contributed by atoms with Gasteiger partial charge in [-0.15, -0.1) is 0 Å². The molecule has 0 aliphatic rings. The number of carboxylic acid groups (broad SMARTS) is 1. The van der Waals surface area contributed by atoms with Crippen LogP contribution in [0.4, 0.5) is 13.2 Å². The van der Waals surface area contributed by atoms with E-state index >= 15 is 0 Å². The van der Waals surface area contributed by atoms with Crippen LogP contribution >= 0.6 is 0 Å². The molecule has 184 valence electrons. The van der Waals surface area contributed by atoms with Crippen molar-refractivity contribution in [2.24, 2.45) is 0 Å². The first-order valence-corrected chi connectivity index (χ1v) is 11.1. The van der Waals surface area contributed by atoms with Crippen LogP contribution < -0.4 is 4.74 Å². The number of benzene rings is 2. The third-order valence-corrected chi connectivity index (χ3v) is 5.60. The van der Waals surface area contributed by atoms with Crippen LogP contribution in [0.1, 0.15) is 55.2 Å². The van der Waals surface area contributed by atoms with Crippen LogP contribution in [0.5, 0.6) is 5.75 Å². The monoisotopic (exact) mass is 487 g/mol. The van der Waals surface area contributed by atoms with Crippen molar-refractivity contribution in [3.05, 3.63) is 71.3 Å². The SMILES string of the molecule is CC(C)c1nc(-c2ccc(C(F)(F)F)cc2)oc1[C@H](C)COc1ccc2c(CC(=O)O)coc2c1. The first kappa shape index (κ1) is 24.4. The van der Waals surface area contributed by atoms with Crippen LogP contribution in [-0.4, -0.2) is 22.7 Å². The average molecular weight is 487 g/mol. The molecule has 0 saturated carbocycles. The molecule has 0 unspecified atom stereocenters. The van der Waals surface area contributed by atoms with Crippen LogP contribution in [0.25, 0.3) is 22.4 Å². The molecular weight excluding hydrogens is 463 g/mol. The Bertz CT molecular complexity index is 1340. The number of furan rings is 1. The van der Waals surface area contributed by atoms with E-state index in [1.54, 1.807) is 18.2 Å². The molecular formula is C26H24F3NO5. The van der Waals surface area contributed by atoms with E-state index in [0.29, 0.717) is 33.6 Å². The quantitative estimate of drug-likeness (QED) is 0.287. The summed E-state index contributed by atoms with van der Waals surface area (Å²) in [7, 11) is 0. The van der Waals surface area contributed by atoms with Gasteiger partial charge in [-0.05, 0) is 42.3 Å². The number of hydrogen-bond donors (Lipinski definition) is 1. The fourth-order valence-corrected chi connectivity index (χ4v) is 3.79. The summed E-state index contributed by atoms with van der Waals surface area (Å²) < 4.78 is 56.1. The maximum absolute atomic E-state index is 12.9. The van der Waals surface area contributed by atoms with E-state index in [2.05, 4.69) is 4.98 Å². The van der Waals surface area contributed by atoms with E-state index in [0.717, 1.165) is 17.8 Å². The lowest BCUT2D eigenvalue weighted by molar-refractivity contribution is -0.138. The number of rotatable bonds is 8. The summed E-state index contributed by atoms with van der Waals surface area (Å²) in [6.45, 7) is 6.10. The van der Waals surface area contributed by atoms with Crippen molar-refractivity contribution in [3.63, 3.8) is 0 Å². The number of alkyl halides is 3. The summed E-state index contributed by atoms with van der Waals surface area (Å²) in [5.41, 5.74) is 1.56. The van der Waals surface area contributed by atoms with Crippen LogP contribution in [0, 0.1) is 0 Å². The Hall–Kier alpha value is -3.75. The van der Waals surface area contributed by atoms with E-state index in [-0.39, 0.29) is 30.8 Å². The molecule has 6 nitrogen and oxygen atoms in total. The largest absolute Gasteiger partial charge is 0.493 e. The van der Waals surface area contributed by atoms with Gasteiger partial charge in [0.15, 0.2) is 0 Å². The predicted molar refractivity (Wildman–Crippen MR) is 122 cm³/mol. The highest BCUT2D eigenvalue weighted by Gasteiger charge is 2.30. The van der Waals surface area contributed by atoms with Crippen LogP contribution in [-0.2, 0) is 17.4 Å². The lowest BCUT2D eigenvalue weighted by atomic mass is 10.0. The molecule has 0 aliphatic heterocycles. The Morgan fingerprint density at radius 1 is 1.11 bits per heavy atom. The van der Waals surface area contributed by atoms with Crippen molar-refractivity contribution < 1.29 is 36.6 Å². The van der Waals surface area contributed by atoms with Crippen molar-refractivity contribution in [3.8, 4) is 17.2 Å². The van der Waals surface area contributed by atoms with Crippen molar-refractivity contribution in [2.75, 3.05) is 6.61 Å². The molecule has 0 spiro atoms. The van der Waals surface area contributed by atoms with Crippen molar-refractivity contribution in [1.82, 2.24) is 4.98 Å². The minimum absolute atomic E-state index is 0.0338. The molecule has 2 aromatic carbocycles. The van der Waals surface area contributed by atoms with Crippen molar-refractivity contribution in [1.29, 1.82) is 0 Å². The molecule has 0 amide bonds. The number of fused-ring (bicyclic) bond motifs is 1. The molecule has 0 radical (unpaired) electrons. The second-order valence-corrected chi connectivity index (χ2v) is 8.70. The molecule has 1 atom stereocenters. The van der Waals surface area contributed by atoms with Gasteiger partial charge in [0.2, 0.25) is 5.89 Å². The molecule has 2 aromatic heterocycles. The highest BCUT2D eigenvalue weighted by molar-refractivity contribution is 5.86. The van der Waals surface area contributed by atoms with Gasteiger partial charge in [0.05, 0.1) is 36.5 Å². The number of nitrogens with zero attached hydrogens (tertiary/aromatic N) is 1. The van der Waals surface area contributed by atoms with Gasteiger partial charge in [-0.2, -0.15) is 13.2 Å². The Balaban J connectivity index is 1.51. The third-order valence-electron chi connectivity index (χ3n) is 5.60. The summed E-state index contributed by atoms with van der Waals surface area (Å²) >= 11 is 0. The molecule has 0 aliphatic carbocycles. The predicted octanol–water partition coefficient (Wildman–Crippen LogP) is 7.04. The van der Waals surface area contributed by atoms with Gasteiger partial charge in [0, 0.05) is 22.6 Å². The Labute approximate surface area is 199 Å². The van der Waals surface area contributed by atoms with E-state index < -0.39 is 17.7 Å². The number of oxazole rings is 1. The summed E-state index contributed by atoms with van der Waals surface area (Å²) in [6.07, 6.45) is -3.11. The van der Waals surface area contributed by atoms with Gasteiger partial charge in [-0.25, -0.2) is 4.98 Å². The first-order chi connectivity index (χ1) is 16.5. The number of halogens is 3. The molecule has 1 N–H and O–H groups in total. The maximum atomic E-state index is 12.9. The van der Waals surface area contributed by atoms with E-state index in [1.165, 1.54) is 18.4 Å². The van der Waals surface area contributed by atoms with Gasteiger partial charge in [0.25, 0.3) is 0 Å². The summed E-state index contributed by atoms with van der Waals surface area (Å²) in [6, 6.07) is 9.91. The number of aromatic nitrogens is 1. The number of carbonyl (C=O) groups is 1. The third kappa shape index (κ3) is 5.34. The van der Waals surface area contributed by atoms with Crippen molar-refractivity contribution >= 4 is 16.9 Å². The topological polar surface area (TPSA) is 85.7 Å². The second-order valence-electron chi connectivity index (χ2n) is 8.70. The summed E-state index contributed by atoms with van der Waals surface area (Å²) in [5.74, 6) is 0.314. The van der Waals surface area contributed by atoms with E-state index in [4.69, 9.17) is 18.7 Å². The van der Waals surface area contributed by atoms with Crippen LogP contribution in [0.3, 0.4) is 0 Å². The zero-order valence-corrected chi connectivity index (χ0v) is 19.3. The smallest absolute Gasteiger partial charge is 0.416 e. The first-order valence-electron chi connectivity index (χ1n) is 11.1. The Kier molecular flexibility index (Phi) is 6.60. The fraction of sp³-hybridized carbons (Fsp3) is 0.308. The van der Waals surface area contributed by atoms with Gasteiger partial charge >= 0.3 is 12.1 Å². The molecule has 9 heteroatoms. The zero-order chi connectivity index (χ0) is 25.3. The second kappa shape index (κ2) is 9.48. The number of ether oxygens (including phenoxy) is 1. The molecule has 35 heavy (non-hydrogen) atoms. The number of aliphatic carboxylic acids is 1. The van der Waals surface area contributed by atoms with Crippen LogP contribution in [0.2, 0.25) is 0 Å². The minimum Gasteiger partial charge on any atom is -0.493 e. The average Bonchev–Trinajstić information content (AvgIpc) is 3.41. The highest BCUT2D eigenvalue weighted by Crippen LogP contribution is 2.34. The van der Waals surface area contributed by atoms with Gasteiger partial charge in [-0.3, -0.25) is 4.79 Å². The lowest BCUT2D eigenvalue weighted by Gasteiger charge is -2.13. The van der Waals surface area contributed by atoms with Gasteiger partial charge in [0.1, 0.15) is 17.1 Å². The van der Waals surface area contributed by atoms with Crippen molar-refractivity contribution in [2.45, 2.75) is 45.2 Å². The standard InChI is InChI=1S/C26H24F3NO5/c1-14(2)23-24(35-25(30-23)16-4-6-18(7-5-16)26(27,28)29)15(3)12-33-19-8-9-20-17(10-22(31)32)13-34-21(20)11-19/h4-9,11,13-15H,10,12H2,1-3H3,(H,31,32)/t15-/m1/s1. The fourth-order valence-electron chi connectivity index (χ4n) is 3.79. The number of carboxylic acids is 1. The Morgan fingerprint density at radius 2 is 1.83 bits per heavy atom. The normalized spacial score (nSPS) is 12.9. The number of hydrogen-bond acceptors (Lipinski definition) is 5. The Morgan fingerprint density at radius 3 is 2.46 bits per heavy atom. The van der Waals surface area contributed by atoms with E-state index in [1.807, 2.05) is 20.8 Å². The summed E-state index contributed by atoms with van der Waals surface area (Å²) in [5, 5.41) is 9.72. The molecule has 2 heterocycles. The van der Waals surface area contributed by atoms with Gasteiger partial charge in [-0.1, -0.05) is 20.8 Å². The molecule has 4 rings (SSSR count). The highest BCUT2D eigenvalue weighted by atomic mass is 19.4. The molecule has 0 bridgehead atoms. The van der Waals surface area contributed by atoms with E-state index in [9.17, 15) is 18.0 Å². The molecule has 0 fully saturated rings. The lowest BCUT2D eigenvalue weighted by Crippen LogP contribution is -2.09. The summed E-state index contributed by atoms with van der Waals surface area (Å²) in [4.78, 5) is 15.5. The van der Waals surface area contributed by atoms with Crippen LogP contribution in [0.15, 0.2) is 57.6 Å². The molecule has 4 aromatic rings. The van der Waals surface area contributed by atoms with Gasteiger partial charge < -0.3 is 18.7 Å². The zero-order valence-electron chi connectivity index (χ0n) is 19.3.